The van der Waals surface area contributed by atoms with Crippen LogP contribution in [0.5, 0.6) is 0 Å². The lowest BCUT2D eigenvalue weighted by molar-refractivity contribution is 0.158. The molecule has 0 spiro atoms. The Morgan fingerprint density at radius 3 is 2.47 bits per heavy atom. The van der Waals surface area contributed by atoms with Crippen LogP contribution >= 0.6 is 0 Å². The lowest BCUT2D eigenvalue weighted by atomic mass is 10.6. The van der Waals surface area contributed by atoms with Crippen LogP contribution in [0.25, 0.3) is 0 Å². The Morgan fingerprint density at radius 2 is 1.88 bits per heavy atom. The summed E-state index contributed by atoms with van der Waals surface area (Å²) in [6.07, 6.45) is 0. The molecule has 0 aliphatic heterocycles. The Kier molecular flexibility index (Phi) is 5.41. The summed E-state index contributed by atoms with van der Waals surface area (Å²) in [6.45, 7) is 3.98. The minimum absolute atomic E-state index is 0.544. The van der Waals surface area contributed by atoms with Crippen molar-refractivity contribution in [1.82, 2.24) is 15.0 Å². The molecule has 1 rings (SSSR count). The number of hydrogen-bond acceptors (Lipinski definition) is 7. The first kappa shape index (κ1) is 13.4. The van der Waals surface area contributed by atoms with Gasteiger partial charge < -0.3 is 20.3 Å². The van der Waals surface area contributed by atoms with Gasteiger partial charge in [-0.15, -0.1) is 0 Å². The SMILES string of the molecule is CCOCCNc1nc(NC)nc(N(C)C)n1. The molecular weight excluding hydrogens is 220 g/mol. The van der Waals surface area contributed by atoms with Crippen molar-refractivity contribution in [3.63, 3.8) is 0 Å². The molecular formula is C10H20N6O. The van der Waals surface area contributed by atoms with Gasteiger partial charge in [-0.1, -0.05) is 0 Å². The Hall–Kier alpha value is -1.63. The van der Waals surface area contributed by atoms with Crippen LogP contribution in [-0.4, -0.2) is 55.9 Å². The molecule has 0 amide bonds. The van der Waals surface area contributed by atoms with Crippen LogP contribution < -0.4 is 15.5 Å². The summed E-state index contributed by atoms with van der Waals surface area (Å²) in [5.41, 5.74) is 0. The van der Waals surface area contributed by atoms with Gasteiger partial charge in [0.15, 0.2) is 0 Å². The molecule has 0 bridgehead atoms. The monoisotopic (exact) mass is 240 g/mol. The molecule has 0 atom stereocenters. The summed E-state index contributed by atoms with van der Waals surface area (Å²) >= 11 is 0. The molecule has 0 aliphatic carbocycles. The molecule has 7 heteroatoms. The van der Waals surface area contributed by atoms with E-state index < -0.39 is 0 Å². The minimum atomic E-state index is 0.544. The molecule has 2 N–H and O–H groups in total. The molecule has 1 heterocycles. The van der Waals surface area contributed by atoms with E-state index in [9.17, 15) is 0 Å². The first-order valence-corrected chi connectivity index (χ1v) is 5.60. The minimum Gasteiger partial charge on any atom is -0.380 e. The Labute approximate surface area is 102 Å². The van der Waals surface area contributed by atoms with Crippen LogP contribution in [0, 0.1) is 0 Å². The zero-order valence-electron chi connectivity index (χ0n) is 10.8. The van der Waals surface area contributed by atoms with E-state index in [1.54, 1.807) is 7.05 Å². The lowest BCUT2D eigenvalue weighted by Crippen LogP contribution is -2.18. The average Bonchev–Trinajstić information content (AvgIpc) is 2.34. The van der Waals surface area contributed by atoms with Crippen LogP contribution in [-0.2, 0) is 4.74 Å². The number of aromatic nitrogens is 3. The summed E-state index contributed by atoms with van der Waals surface area (Å²) < 4.78 is 5.23. The van der Waals surface area contributed by atoms with Crippen molar-refractivity contribution in [3.05, 3.63) is 0 Å². The number of nitrogens with zero attached hydrogens (tertiary/aromatic N) is 4. The van der Waals surface area contributed by atoms with Crippen LogP contribution in [0.4, 0.5) is 17.8 Å². The first-order valence-electron chi connectivity index (χ1n) is 5.60. The van der Waals surface area contributed by atoms with Crippen molar-refractivity contribution in [2.24, 2.45) is 0 Å². The van der Waals surface area contributed by atoms with Gasteiger partial charge in [0, 0.05) is 34.3 Å². The summed E-state index contributed by atoms with van der Waals surface area (Å²) in [6, 6.07) is 0. The molecule has 0 aliphatic rings. The van der Waals surface area contributed by atoms with Gasteiger partial charge >= 0.3 is 0 Å². The van der Waals surface area contributed by atoms with Crippen molar-refractivity contribution < 1.29 is 4.74 Å². The van der Waals surface area contributed by atoms with E-state index in [-0.39, 0.29) is 0 Å². The maximum atomic E-state index is 5.23. The predicted molar refractivity (Wildman–Crippen MR) is 68.7 cm³/mol. The van der Waals surface area contributed by atoms with E-state index in [0.29, 0.717) is 37.6 Å². The third-order valence-corrected chi connectivity index (χ3v) is 1.98. The molecule has 0 saturated carbocycles. The second kappa shape index (κ2) is 6.85. The fraction of sp³-hybridized carbons (Fsp3) is 0.700. The fourth-order valence-electron chi connectivity index (χ4n) is 1.13. The second-order valence-corrected chi connectivity index (χ2v) is 3.55. The third-order valence-electron chi connectivity index (χ3n) is 1.98. The maximum absolute atomic E-state index is 5.23. The second-order valence-electron chi connectivity index (χ2n) is 3.55. The smallest absolute Gasteiger partial charge is 0.231 e. The van der Waals surface area contributed by atoms with Crippen LogP contribution in [0.3, 0.4) is 0 Å². The quantitative estimate of drug-likeness (QED) is 0.669. The fourth-order valence-corrected chi connectivity index (χ4v) is 1.13. The molecule has 0 radical (unpaired) electrons. The van der Waals surface area contributed by atoms with E-state index in [1.807, 2.05) is 25.9 Å². The van der Waals surface area contributed by atoms with Gasteiger partial charge in [-0.3, -0.25) is 0 Å². The van der Waals surface area contributed by atoms with Crippen LogP contribution in [0.1, 0.15) is 6.92 Å². The van der Waals surface area contributed by atoms with E-state index >= 15 is 0 Å². The highest BCUT2D eigenvalue weighted by molar-refractivity contribution is 5.42. The predicted octanol–water partition coefficient (Wildman–Crippen LogP) is 0.428. The number of rotatable bonds is 7. The summed E-state index contributed by atoms with van der Waals surface area (Å²) in [7, 11) is 5.55. The van der Waals surface area contributed by atoms with Gasteiger partial charge in [0.25, 0.3) is 0 Å². The Balaban J connectivity index is 2.66. The van der Waals surface area contributed by atoms with Gasteiger partial charge in [0.05, 0.1) is 6.61 Å². The topological polar surface area (TPSA) is 75.2 Å². The highest BCUT2D eigenvalue weighted by atomic mass is 16.5. The van der Waals surface area contributed by atoms with Gasteiger partial charge in [0.2, 0.25) is 17.8 Å². The zero-order valence-corrected chi connectivity index (χ0v) is 10.8. The molecule has 1 aromatic heterocycles. The van der Waals surface area contributed by atoms with Crippen molar-refractivity contribution in [1.29, 1.82) is 0 Å². The molecule has 0 aromatic carbocycles. The van der Waals surface area contributed by atoms with Gasteiger partial charge in [-0.2, -0.15) is 15.0 Å². The largest absolute Gasteiger partial charge is 0.380 e. The van der Waals surface area contributed by atoms with Crippen molar-refractivity contribution in [2.45, 2.75) is 6.92 Å². The molecule has 0 fully saturated rings. The normalized spacial score (nSPS) is 10.1. The number of ether oxygens (including phenoxy) is 1. The van der Waals surface area contributed by atoms with Crippen LogP contribution in [0.2, 0.25) is 0 Å². The molecule has 0 unspecified atom stereocenters. The summed E-state index contributed by atoms with van der Waals surface area (Å²) in [4.78, 5) is 14.5. The molecule has 0 saturated heterocycles. The molecule has 1 aromatic rings. The van der Waals surface area contributed by atoms with Gasteiger partial charge in [-0.05, 0) is 6.92 Å². The van der Waals surface area contributed by atoms with E-state index in [0.717, 1.165) is 0 Å². The standard InChI is InChI=1S/C10H20N6O/c1-5-17-7-6-12-9-13-8(11-2)14-10(15-9)16(3)4/h5-7H2,1-4H3,(H2,11,12,13,14,15). The lowest BCUT2D eigenvalue weighted by Gasteiger charge is -2.13. The summed E-state index contributed by atoms with van der Waals surface area (Å²) in [5.74, 6) is 1.71. The zero-order chi connectivity index (χ0) is 12.7. The number of nitrogens with one attached hydrogen (secondary N) is 2. The van der Waals surface area contributed by atoms with E-state index in [1.165, 1.54) is 0 Å². The molecule has 17 heavy (non-hydrogen) atoms. The summed E-state index contributed by atoms with van der Waals surface area (Å²) in [5, 5.41) is 6.00. The first-order chi connectivity index (χ1) is 8.17. The average molecular weight is 240 g/mol. The third kappa shape index (κ3) is 4.39. The Bertz CT molecular complexity index is 344. The van der Waals surface area contributed by atoms with Crippen molar-refractivity contribution in [2.75, 3.05) is 56.4 Å². The molecule has 96 valence electrons. The van der Waals surface area contributed by atoms with Crippen molar-refractivity contribution >= 4 is 17.8 Å². The van der Waals surface area contributed by atoms with Gasteiger partial charge in [-0.25, -0.2) is 0 Å². The highest BCUT2D eigenvalue weighted by Gasteiger charge is 2.06. The number of anilines is 3. The van der Waals surface area contributed by atoms with Crippen LogP contribution in [0.15, 0.2) is 0 Å². The number of hydrogen-bond donors (Lipinski definition) is 2. The van der Waals surface area contributed by atoms with E-state index in [4.69, 9.17) is 4.74 Å². The van der Waals surface area contributed by atoms with Crippen molar-refractivity contribution in [3.8, 4) is 0 Å². The van der Waals surface area contributed by atoms with E-state index in [2.05, 4.69) is 25.6 Å². The highest BCUT2D eigenvalue weighted by Crippen LogP contribution is 2.10. The molecule has 7 nitrogen and oxygen atoms in total. The maximum Gasteiger partial charge on any atom is 0.231 e. The van der Waals surface area contributed by atoms with Gasteiger partial charge in [0.1, 0.15) is 0 Å². The Morgan fingerprint density at radius 1 is 1.18 bits per heavy atom.